The maximum atomic E-state index is 12.2. The van der Waals surface area contributed by atoms with Gasteiger partial charge in [-0.15, -0.1) is 0 Å². The van der Waals surface area contributed by atoms with Crippen LogP contribution in [0.4, 0.5) is 11.4 Å². The lowest BCUT2D eigenvalue weighted by Crippen LogP contribution is -2.11. The molecule has 2 N–H and O–H groups in total. The van der Waals surface area contributed by atoms with E-state index < -0.39 is 0 Å². The molecule has 1 heterocycles. The second-order valence-corrected chi connectivity index (χ2v) is 6.13. The molecule has 3 aromatic rings. The minimum absolute atomic E-state index is 0.134. The molecule has 1 amide bonds. The van der Waals surface area contributed by atoms with Gasteiger partial charge in [-0.25, -0.2) is 0 Å². The van der Waals surface area contributed by atoms with Crippen LogP contribution in [0.2, 0.25) is 0 Å². The molecular formula is C19H16BrN3O. The molecule has 0 radical (unpaired) electrons. The molecule has 5 heteroatoms. The van der Waals surface area contributed by atoms with E-state index in [1.165, 1.54) is 0 Å². The fourth-order valence-electron chi connectivity index (χ4n) is 2.20. The van der Waals surface area contributed by atoms with Crippen molar-refractivity contribution in [3.63, 3.8) is 0 Å². The normalized spacial score (nSPS) is 10.2. The molecule has 1 aromatic heterocycles. The molecule has 0 aliphatic rings. The Bertz CT molecular complexity index is 820. The summed E-state index contributed by atoms with van der Waals surface area (Å²) in [6.07, 6.45) is 1.78. The van der Waals surface area contributed by atoms with Crippen LogP contribution in [0.1, 0.15) is 16.1 Å². The minimum Gasteiger partial charge on any atom is -0.379 e. The van der Waals surface area contributed by atoms with E-state index in [0.717, 1.165) is 21.5 Å². The highest BCUT2D eigenvalue weighted by molar-refractivity contribution is 9.10. The monoisotopic (exact) mass is 381 g/mol. The highest BCUT2D eigenvalue weighted by Gasteiger charge is 2.06. The number of nitrogens with one attached hydrogen (secondary N) is 2. The molecule has 24 heavy (non-hydrogen) atoms. The molecule has 0 aliphatic heterocycles. The lowest BCUT2D eigenvalue weighted by molar-refractivity contribution is 0.102. The molecular weight excluding hydrogens is 366 g/mol. The molecule has 4 nitrogen and oxygen atoms in total. The average molecular weight is 382 g/mol. The van der Waals surface area contributed by atoms with Crippen molar-refractivity contribution in [3.8, 4) is 0 Å². The zero-order valence-corrected chi connectivity index (χ0v) is 14.5. The summed E-state index contributed by atoms with van der Waals surface area (Å²) in [4.78, 5) is 16.5. The Morgan fingerprint density at radius 3 is 2.46 bits per heavy atom. The number of carbonyl (C=O) groups is 1. The first-order valence-corrected chi connectivity index (χ1v) is 8.31. The Hall–Kier alpha value is -2.66. The average Bonchev–Trinajstić information content (AvgIpc) is 2.62. The summed E-state index contributed by atoms with van der Waals surface area (Å²) >= 11 is 3.37. The summed E-state index contributed by atoms with van der Waals surface area (Å²) < 4.78 is 0.879. The number of hydrogen-bond acceptors (Lipinski definition) is 3. The fraction of sp³-hybridized carbons (Fsp3) is 0.0526. The number of rotatable bonds is 5. The number of pyridine rings is 1. The number of carbonyl (C=O) groups excluding carboxylic acids is 1. The second kappa shape index (κ2) is 7.75. The van der Waals surface area contributed by atoms with E-state index in [0.29, 0.717) is 12.1 Å². The lowest BCUT2D eigenvalue weighted by atomic mass is 10.2. The zero-order valence-electron chi connectivity index (χ0n) is 12.9. The number of aromatic nitrogens is 1. The minimum atomic E-state index is -0.134. The summed E-state index contributed by atoms with van der Waals surface area (Å²) in [7, 11) is 0. The highest BCUT2D eigenvalue weighted by Crippen LogP contribution is 2.17. The standard InChI is InChI=1S/C19H16BrN3O/c20-15-5-3-4-14(12-15)19(24)23-17-9-7-16(8-10-17)22-13-18-6-1-2-11-21-18/h1-12,22H,13H2,(H,23,24). The van der Waals surface area contributed by atoms with E-state index in [9.17, 15) is 4.79 Å². The van der Waals surface area contributed by atoms with E-state index in [1.54, 1.807) is 18.3 Å². The van der Waals surface area contributed by atoms with Crippen LogP contribution in [0.3, 0.4) is 0 Å². The van der Waals surface area contributed by atoms with Crippen LogP contribution in [-0.2, 0) is 6.54 Å². The second-order valence-electron chi connectivity index (χ2n) is 5.22. The van der Waals surface area contributed by atoms with Crippen LogP contribution in [0.25, 0.3) is 0 Å². The summed E-state index contributed by atoms with van der Waals surface area (Å²) in [6, 6.07) is 20.7. The summed E-state index contributed by atoms with van der Waals surface area (Å²) in [5, 5.41) is 6.19. The van der Waals surface area contributed by atoms with E-state index in [1.807, 2.05) is 54.6 Å². The van der Waals surface area contributed by atoms with Gasteiger partial charge in [0.25, 0.3) is 5.91 Å². The van der Waals surface area contributed by atoms with Gasteiger partial charge in [0.05, 0.1) is 12.2 Å². The Labute approximate surface area is 149 Å². The molecule has 0 aliphatic carbocycles. The van der Waals surface area contributed by atoms with Gasteiger partial charge in [0.2, 0.25) is 0 Å². The SMILES string of the molecule is O=C(Nc1ccc(NCc2ccccn2)cc1)c1cccc(Br)c1. The third-order valence-corrected chi connectivity index (χ3v) is 3.92. The molecule has 0 fully saturated rings. The van der Waals surface area contributed by atoms with Gasteiger partial charge in [-0.05, 0) is 54.6 Å². The Kier molecular flexibility index (Phi) is 5.23. The maximum absolute atomic E-state index is 12.2. The van der Waals surface area contributed by atoms with Crippen molar-refractivity contribution in [2.45, 2.75) is 6.54 Å². The number of halogens is 1. The van der Waals surface area contributed by atoms with Gasteiger partial charge in [0, 0.05) is 27.6 Å². The first kappa shape index (κ1) is 16.2. The van der Waals surface area contributed by atoms with Crippen LogP contribution in [-0.4, -0.2) is 10.9 Å². The molecule has 3 rings (SSSR count). The van der Waals surface area contributed by atoms with Gasteiger partial charge < -0.3 is 10.6 Å². The van der Waals surface area contributed by atoms with Crippen molar-refractivity contribution in [1.29, 1.82) is 0 Å². The van der Waals surface area contributed by atoms with Gasteiger partial charge >= 0.3 is 0 Å². The zero-order chi connectivity index (χ0) is 16.8. The van der Waals surface area contributed by atoms with E-state index in [-0.39, 0.29) is 5.91 Å². The third-order valence-electron chi connectivity index (χ3n) is 3.43. The van der Waals surface area contributed by atoms with Gasteiger partial charge in [-0.3, -0.25) is 9.78 Å². The first-order valence-electron chi connectivity index (χ1n) is 7.51. The predicted molar refractivity (Wildman–Crippen MR) is 100 cm³/mol. The molecule has 0 spiro atoms. The van der Waals surface area contributed by atoms with Crippen molar-refractivity contribution >= 4 is 33.2 Å². The van der Waals surface area contributed by atoms with Gasteiger partial charge in [0.1, 0.15) is 0 Å². The molecule has 0 saturated heterocycles. The van der Waals surface area contributed by atoms with E-state index in [2.05, 4.69) is 31.5 Å². The molecule has 0 saturated carbocycles. The quantitative estimate of drug-likeness (QED) is 0.672. The van der Waals surface area contributed by atoms with Crippen molar-refractivity contribution in [2.75, 3.05) is 10.6 Å². The highest BCUT2D eigenvalue weighted by atomic mass is 79.9. The van der Waals surface area contributed by atoms with E-state index in [4.69, 9.17) is 0 Å². The van der Waals surface area contributed by atoms with Crippen molar-refractivity contribution in [2.24, 2.45) is 0 Å². The molecule has 0 atom stereocenters. The topological polar surface area (TPSA) is 54.0 Å². The summed E-state index contributed by atoms with van der Waals surface area (Å²) in [5.74, 6) is -0.134. The number of hydrogen-bond donors (Lipinski definition) is 2. The Morgan fingerprint density at radius 1 is 0.958 bits per heavy atom. The number of nitrogens with zero attached hydrogens (tertiary/aromatic N) is 1. The Morgan fingerprint density at radius 2 is 1.75 bits per heavy atom. The van der Waals surface area contributed by atoms with Crippen molar-refractivity contribution in [3.05, 3.63) is 88.7 Å². The van der Waals surface area contributed by atoms with Gasteiger partial charge in [0.15, 0.2) is 0 Å². The van der Waals surface area contributed by atoms with Crippen LogP contribution in [0.15, 0.2) is 77.4 Å². The molecule has 120 valence electrons. The van der Waals surface area contributed by atoms with E-state index >= 15 is 0 Å². The molecule has 2 aromatic carbocycles. The third kappa shape index (κ3) is 4.43. The van der Waals surface area contributed by atoms with Crippen LogP contribution < -0.4 is 10.6 Å². The number of benzene rings is 2. The van der Waals surface area contributed by atoms with Gasteiger partial charge in [-0.2, -0.15) is 0 Å². The van der Waals surface area contributed by atoms with Crippen molar-refractivity contribution in [1.82, 2.24) is 4.98 Å². The van der Waals surface area contributed by atoms with Crippen LogP contribution in [0, 0.1) is 0 Å². The summed E-state index contributed by atoms with van der Waals surface area (Å²) in [6.45, 7) is 0.657. The van der Waals surface area contributed by atoms with Crippen LogP contribution >= 0.6 is 15.9 Å². The number of anilines is 2. The molecule has 0 unspecified atom stereocenters. The first-order chi connectivity index (χ1) is 11.7. The van der Waals surface area contributed by atoms with Crippen molar-refractivity contribution < 1.29 is 4.79 Å². The predicted octanol–water partition coefficient (Wildman–Crippen LogP) is 4.71. The maximum Gasteiger partial charge on any atom is 0.255 e. The number of amides is 1. The molecule has 0 bridgehead atoms. The Balaban J connectivity index is 1.59. The largest absolute Gasteiger partial charge is 0.379 e. The lowest BCUT2D eigenvalue weighted by Gasteiger charge is -2.09. The van der Waals surface area contributed by atoms with Gasteiger partial charge in [-0.1, -0.05) is 28.1 Å². The smallest absolute Gasteiger partial charge is 0.255 e. The fourth-order valence-corrected chi connectivity index (χ4v) is 2.60. The van der Waals surface area contributed by atoms with Crippen LogP contribution in [0.5, 0.6) is 0 Å². The summed E-state index contributed by atoms with van der Waals surface area (Å²) in [5.41, 5.74) is 3.32.